The van der Waals surface area contributed by atoms with Gasteiger partial charge >= 0.3 is 6.18 Å². The fraction of sp³-hybridized carbons (Fsp3) is 0.350. The first-order valence-corrected chi connectivity index (χ1v) is 11.1. The number of aliphatic hydroxyl groups is 2. The summed E-state index contributed by atoms with van der Waals surface area (Å²) >= 11 is 0. The Bertz CT molecular complexity index is 1290. The van der Waals surface area contributed by atoms with Crippen LogP contribution in [-0.4, -0.2) is 72.1 Å². The van der Waals surface area contributed by atoms with Crippen molar-refractivity contribution < 1.29 is 45.7 Å². The van der Waals surface area contributed by atoms with Gasteiger partial charge in [0.15, 0.2) is 18.1 Å². The van der Waals surface area contributed by atoms with Crippen molar-refractivity contribution in [2.75, 3.05) is 26.3 Å². The number of rotatable bonds is 7. The second kappa shape index (κ2) is 9.63. The highest BCUT2D eigenvalue weighted by Gasteiger charge is 2.51. The first-order chi connectivity index (χ1) is 16.3. The van der Waals surface area contributed by atoms with Crippen LogP contribution < -0.4 is 9.47 Å². The number of pyridine rings is 1. The molecule has 0 bridgehead atoms. The lowest BCUT2D eigenvalue weighted by atomic mass is 10.0. The standard InChI is InChI=1S/C20H16F4N4O6S/c21-15-4-17(16(3-12(15)5-25)33-11-20(22,23)24)34-18-8-28(9-19(18,30)10-29)35(31,32)14-2-1-13(6-26)27-7-14/h1-4,7,18,29-30H,8-11H2/t18?,19-/m1/s1. The molecule has 1 unspecified atom stereocenters. The highest BCUT2D eigenvalue weighted by Crippen LogP contribution is 2.36. The Morgan fingerprint density at radius 2 is 1.94 bits per heavy atom. The minimum atomic E-state index is -4.78. The van der Waals surface area contributed by atoms with E-state index < -0.39 is 77.1 Å². The van der Waals surface area contributed by atoms with Crippen molar-refractivity contribution in [3.05, 3.63) is 47.5 Å². The smallest absolute Gasteiger partial charge is 0.422 e. The van der Waals surface area contributed by atoms with Crippen molar-refractivity contribution in [1.29, 1.82) is 10.5 Å². The van der Waals surface area contributed by atoms with E-state index in [1.807, 2.05) is 0 Å². The molecule has 1 aliphatic heterocycles. The Morgan fingerprint density at radius 1 is 1.23 bits per heavy atom. The maximum Gasteiger partial charge on any atom is 0.422 e. The lowest BCUT2D eigenvalue weighted by molar-refractivity contribution is -0.153. The van der Waals surface area contributed by atoms with Gasteiger partial charge in [-0.3, -0.25) is 0 Å². The van der Waals surface area contributed by atoms with Gasteiger partial charge in [-0.05, 0) is 12.1 Å². The Kier molecular flexibility index (Phi) is 7.18. The zero-order valence-electron chi connectivity index (χ0n) is 17.5. The molecule has 15 heteroatoms. The van der Waals surface area contributed by atoms with E-state index in [0.29, 0.717) is 12.1 Å². The third-order valence-corrected chi connectivity index (χ3v) is 6.79. The molecular formula is C20H16F4N4O6S. The molecule has 0 saturated carbocycles. The van der Waals surface area contributed by atoms with Crippen molar-refractivity contribution in [1.82, 2.24) is 9.29 Å². The number of β-amino-alcohol motifs (C(OH)–C–C–N with tert-alkyl or cyclic N) is 1. The molecule has 1 fully saturated rings. The second-order valence-corrected chi connectivity index (χ2v) is 9.39. The zero-order valence-corrected chi connectivity index (χ0v) is 18.3. The molecule has 1 aromatic heterocycles. The number of benzene rings is 1. The SMILES string of the molecule is N#Cc1ccc(S(=O)(=O)N2CC(Oc3cc(F)c(C#N)cc3OCC(F)(F)F)[C@](O)(CO)C2)cn1. The Morgan fingerprint density at radius 3 is 2.49 bits per heavy atom. The number of aromatic nitrogens is 1. The first kappa shape index (κ1) is 26.1. The number of halogens is 4. The highest BCUT2D eigenvalue weighted by molar-refractivity contribution is 7.89. The molecule has 1 saturated heterocycles. The van der Waals surface area contributed by atoms with Crippen LogP contribution in [0, 0.1) is 28.5 Å². The van der Waals surface area contributed by atoms with E-state index >= 15 is 0 Å². The number of ether oxygens (including phenoxy) is 2. The van der Waals surface area contributed by atoms with Crippen molar-refractivity contribution in [2.24, 2.45) is 0 Å². The summed E-state index contributed by atoms with van der Waals surface area (Å²) in [6, 6.07) is 6.64. The van der Waals surface area contributed by atoms with Gasteiger partial charge in [-0.25, -0.2) is 17.8 Å². The van der Waals surface area contributed by atoms with Gasteiger partial charge in [0.1, 0.15) is 40.3 Å². The van der Waals surface area contributed by atoms with E-state index in [1.165, 1.54) is 6.07 Å². The Balaban J connectivity index is 1.93. The molecule has 2 aromatic rings. The molecule has 186 valence electrons. The quantitative estimate of drug-likeness (QED) is 0.514. The molecular weight excluding hydrogens is 500 g/mol. The first-order valence-electron chi connectivity index (χ1n) is 9.62. The van der Waals surface area contributed by atoms with Crippen molar-refractivity contribution in [3.63, 3.8) is 0 Å². The number of hydrogen-bond acceptors (Lipinski definition) is 9. The van der Waals surface area contributed by atoms with E-state index in [2.05, 4.69) is 9.72 Å². The molecule has 2 N–H and O–H groups in total. The summed E-state index contributed by atoms with van der Waals surface area (Å²) in [5, 5.41) is 38.3. The number of aliphatic hydroxyl groups excluding tert-OH is 1. The van der Waals surface area contributed by atoms with E-state index in [-0.39, 0.29) is 10.6 Å². The van der Waals surface area contributed by atoms with E-state index in [9.17, 15) is 36.2 Å². The van der Waals surface area contributed by atoms with Gasteiger partial charge in [0.25, 0.3) is 0 Å². The molecule has 0 spiro atoms. The zero-order chi connectivity index (χ0) is 26.0. The van der Waals surface area contributed by atoms with Crippen LogP contribution in [0.2, 0.25) is 0 Å². The topological polar surface area (TPSA) is 157 Å². The predicted octanol–water partition coefficient (Wildman–Crippen LogP) is 1.08. The van der Waals surface area contributed by atoms with Gasteiger partial charge < -0.3 is 19.7 Å². The molecule has 3 rings (SSSR count). The van der Waals surface area contributed by atoms with Crippen LogP contribution in [0.15, 0.2) is 35.4 Å². The maximum atomic E-state index is 14.2. The van der Waals surface area contributed by atoms with Crippen LogP contribution in [0.25, 0.3) is 0 Å². The minimum Gasteiger partial charge on any atom is -0.482 e. The van der Waals surface area contributed by atoms with Crippen LogP contribution in [0.3, 0.4) is 0 Å². The molecule has 35 heavy (non-hydrogen) atoms. The third kappa shape index (κ3) is 5.60. The summed E-state index contributed by atoms with van der Waals surface area (Å²) in [4.78, 5) is 3.33. The maximum absolute atomic E-state index is 14.2. The monoisotopic (exact) mass is 516 g/mol. The fourth-order valence-corrected chi connectivity index (χ4v) is 4.64. The van der Waals surface area contributed by atoms with Crippen LogP contribution in [0.4, 0.5) is 17.6 Å². The number of nitriles is 2. The number of hydrogen-bond donors (Lipinski definition) is 2. The fourth-order valence-electron chi connectivity index (χ4n) is 3.20. The van der Waals surface area contributed by atoms with Crippen molar-refractivity contribution >= 4 is 10.0 Å². The van der Waals surface area contributed by atoms with Crippen LogP contribution in [0.5, 0.6) is 11.5 Å². The van der Waals surface area contributed by atoms with Crippen molar-refractivity contribution in [2.45, 2.75) is 22.8 Å². The molecule has 2 atom stereocenters. The summed E-state index contributed by atoms with van der Waals surface area (Å²) in [5.41, 5.74) is -2.93. The second-order valence-electron chi connectivity index (χ2n) is 7.45. The summed E-state index contributed by atoms with van der Waals surface area (Å²) in [6.07, 6.45) is -5.44. The number of sulfonamides is 1. The summed E-state index contributed by atoms with van der Waals surface area (Å²) in [7, 11) is -4.32. The molecule has 1 aliphatic rings. The van der Waals surface area contributed by atoms with Crippen LogP contribution in [0.1, 0.15) is 11.3 Å². The van der Waals surface area contributed by atoms with Crippen molar-refractivity contribution in [3.8, 4) is 23.6 Å². The molecule has 0 aliphatic carbocycles. The van der Waals surface area contributed by atoms with E-state index in [4.69, 9.17) is 15.3 Å². The van der Waals surface area contributed by atoms with Gasteiger partial charge in [0.05, 0.1) is 18.7 Å². The lowest BCUT2D eigenvalue weighted by Gasteiger charge is -2.28. The Labute approximate surface area is 196 Å². The van der Waals surface area contributed by atoms with Gasteiger partial charge in [0, 0.05) is 24.9 Å². The van der Waals surface area contributed by atoms with Crippen LogP contribution in [-0.2, 0) is 10.0 Å². The van der Waals surface area contributed by atoms with E-state index in [0.717, 1.165) is 22.6 Å². The third-order valence-electron chi connectivity index (χ3n) is 5.00. The minimum absolute atomic E-state index is 0.0485. The number of nitrogens with zero attached hydrogens (tertiary/aromatic N) is 4. The van der Waals surface area contributed by atoms with Gasteiger partial charge in [-0.1, -0.05) is 0 Å². The molecule has 10 nitrogen and oxygen atoms in total. The molecule has 1 aromatic carbocycles. The lowest BCUT2D eigenvalue weighted by Crippen LogP contribution is -2.48. The normalized spacial score (nSPS) is 20.7. The summed E-state index contributed by atoms with van der Waals surface area (Å²) in [5.74, 6) is -2.50. The average molecular weight is 516 g/mol. The van der Waals surface area contributed by atoms with Gasteiger partial charge in [-0.2, -0.15) is 28.0 Å². The highest BCUT2D eigenvalue weighted by atomic mass is 32.2. The van der Waals surface area contributed by atoms with E-state index in [1.54, 1.807) is 6.07 Å². The summed E-state index contributed by atoms with van der Waals surface area (Å²) in [6.45, 7) is -4.11. The Hall–Kier alpha value is -3.50. The molecule has 0 radical (unpaired) electrons. The molecule has 2 heterocycles. The average Bonchev–Trinajstić information content (AvgIpc) is 3.15. The summed E-state index contributed by atoms with van der Waals surface area (Å²) < 4.78 is 88.8. The largest absolute Gasteiger partial charge is 0.482 e. The predicted molar refractivity (Wildman–Crippen MR) is 107 cm³/mol. The number of alkyl halides is 3. The van der Waals surface area contributed by atoms with Gasteiger partial charge in [-0.15, -0.1) is 0 Å². The van der Waals surface area contributed by atoms with Crippen LogP contribution >= 0.6 is 0 Å². The molecule has 0 amide bonds. The van der Waals surface area contributed by atoms with Gasteiger partial charge in [0.2, 0.25) is 10.0 Å².